The Kier molecular flexibility index (Phi) is 8.58. The number of nitrogens with two attached hydrogens (primary N) is 1. The molecule has 0 heterocycles. The van der Waals surface area contributed by atoms with Crippen LogP contribution < -0.4 is 20.9 Å². The number of amides is 2. The molecule has 0 aliphatic carbocycles. The lowest BCUT2D eigenvalue weighted by Gasteiger charge is -2.17. The molecule has 0 saturated heterocycles. The Morgan fingerprint density at radius 1 is 1.08 bits per heavy atom. The summed E-state index contributed by atoms with van der Waals surface area (Å²) in [6.07, 6.45) is 0.940. The van der Waals surface area contributed by atoms with Crippen LogP contribution in [0.4, 0.5) is 5.69 Å². The summed E-state index contributed by atoms with van der Waals surface area (Å²) < 4.78 is 0. The third-order valence-corrected chi connectivity index (χ3v) is 3.72. The van der Waals surface area contributed by atoms with Gasteiger partial charge in [-0.3, -0.25) is 9.59 Å². The highest BCUT2D eigenvalue weighted by Crippen LogP contribution is 2.07. The molecule has 6 heteroatoms. The minimum Gasteiger partial charge on any atom is -0.351 e. The zero-order valence-electron chi connectivity index (χ0n) is 16.2. The van der Waals surface area contributed by atoms with E-state index in [1.807, 2.05) is 38.2 Å². The molecule has 0 radical (unpaired) electrons. The molecular weight excluding hydrogens is 316 g/mol. The van der Waals surface area contributed by atoms with Crippen LogP contribution in [0.25, 0.3) is 0 Å². The Labute approximate surface area is 151 Å². The van der Waals surface area contributed by atoms with Crippen LogP contribution in [0.15, 0.2) is 24.3 Å². The van der Waals surface area contributed by atoms with Crippen LogP contribution in [-0.4, -0.2) is 50.6 Å². The molecule has 0 fully saturated rings. The van der Waals surface area contributed by atoms with Gasteiger partial charge in [-0.05, 0) is 39.8 Å². The Morgan fingerprint density at radius 3 is 2.28 bits per heavy atom. The topological polar surface area (TPSA) is 79.2 Å². The van der Waals surface area contributed by atoms with E-state index < -0.39 is 0 Å². The number of quaternary nitrogens is 2. The van der Waals surface area contributed by atoms with Crippen molar-refractivity contribution in [3.8, 4) is 0 Å². The van der Waals surface area contributed by atoms with Gasteiger partial charge in [0.15, 0.2) is 13.1 Å². The average Bonchev–Trinajstić information content (AvgIpc) is 2.47. The normalized spacial score (nSPS) is 12.5. The summed E-state index contributed by atoms with van der Waals surface area (Å²) in [6.45, 7) is 10.7. The van der Waals surface area contributed by atoms with Crippen LogP contribution >= 0.6 is 0 Å². The first kappa shape index (κ1) is 21.1. The lowest BCUT2D eigenvalue weighted by Crippen LogP contribution is -3.11. The summed E-state index contributed by atoms with van der Waals surface area (Å²) in [5.74, 6) is -0.106. The second kappa shape index (κ2) is 10.2. The number of aryl methyl sites for hydroxylation is 1. The van der Waals surface area contributed by atoms with Gasteiger partial charge in [0.1, 0.15) is 0 Å². The van der Waals surface area contributed by atoms with Crippen molar-refractivity contribution in [3.05, 3.63) is 29.8 Å². The first-order valence-electron chi connectivity index (χ1n) is 8.94. The highest BCUT2D eigenvalue weighted by atomic mass is 16.2. The van der Waals surface area contributed by atoms with Crippen LogP contribution in [0.1, 0.15) is 32.8 Å². The van der Waals surface area contributed by atoms with Gasteiger partial charge in [0.2, 0.25) is 0 Å². The van der Waals surface area contributed by atoms with Gasteiger partial charge in [0.25, 0.3) is 11.8 Å². The summed E-state index contributed by atoms with van der Waals surface area (Å²) in [4.78, 5) is 24.8. The van der Waals surface area contributed by atoms with E-state index in [1.165, 1.54) is 0 Å². The molecular formula is C19H34N4O2+2. The molecule has 1 atom stereocenters. The van der Waals surface area contributed by atoms with E-state index in [2.05, 4.69) is 36.7 Å². The number of carbonyl (C=O) groups excluding carboxylic acids is 2. The van der Waals surface area contributed by atoms with E-state index in [0.29, 0.717) is 13.1 Å². The molecule has 1 unspecified atom stereocenters. The molecule has 0 spiro atoms. The van der Waals surface area contributed by atoms with Crippen LogP contribution in [0.2, 0.25) is 0 Å². The fourth-order valence-corrected chi connectivity index (χ4v) is 2.38. The number of anilines is 1. The van der Waals surface area contributed by atoms with Gasteiger partial charge in [0.05, 0.1) is 19.1 Å². The van der Waals surface area contributed by atoms with E-state index in [1.54, 1.807) is 0 Å². The van der Waals surface area contributed by atoms with Crippen LogP contribution in [-0.2, 0) is 9.59 Å². The number of benzene rings is 1. The van der Waals surface area contributed by atoms with Gasteiger partial charge >= 0.3 is 0 Å². The Hall–Kier alpha value is -1.92. The van der Waals surface area contributed by atoms with E-state index in [9.17, 15) is 9.59 Å². The minimum absolute atomic E-state index is 0.0172. The summed E-state index contributed by atoms with van der Waals surface area (Å²) in [7, 11) is 1.85. The molecule has 1 aromatic carbocycles. The maximum absolute atomic E-state index is 12.0. The van der Waals surface area contributed by atoms with Crippen LogP contribution in [0.5, 0.6) is 0 Å². The summed E-state index contributed by atoms with van der Waals surface area (Å²) in [6, 6.07) is 7.67. The maximum Gasteiger partial charge on any atom is 0.279 e. The van der Waals surface area contributed by atoms with Crippen molar-refractivity contribution in [1.29, 1.82) is 0 Å². The van der Waals surface area contributed by atoms with Crippen molar-refractivity contribution < 1.29 is 19.8 Å². The van der Waals surface area contributed by atoms with Gasteiger partial charge in [0, 0.05) is 18.7 Å². The Bertz CT molecular complexity index is 550. The summed E-state index contributed by atoms with van der Waals surface area (Å²) in [5.41, 5.74) is 2.15. The first-order valence-corrected chi connectivity index (χ1v) is 8.94. The van der Waals surface area contributed by atoms with E-state index in [4.69, 9.17) is 0 Å². The van der Waals surface area contributed by atoms with Crippen molar-refractivity contribution in [2.45, 2.75) is 39.7 Å². The molecule has 0 bridgehead atoms. The maximum atomic E-state index is 12.0. The highest BCUT2D eigenvalue weighted by Gasteiger charge is 2.15. The number of nitrogens with one attached hydrogen (secondary N) is 3. The van der Waals surface area contributed by atoms with Gasteiger partial charge < -0.3 is 20.9 Å². The molecule has 5 N–H and O–H groups in total. The molecule has 1 aromatic rings. The highest BCUT2D eigenvalue weighted by molar-refractivity contribution is 5.91. The summed E-state index contributed by atoms with van der Waals surface area (Å²) in [5, 5.41) is 8.04. The quantitative estimate of drug-likeness (QED) is 0.445. The number of likely N-dealkylation sites (N-methyl/N-ethyl adjacent to an activating group) is 1. The lowest BCUT2D eigenvalue weighted by atomic mass is 10.1. The van der Waals surface area contributed by atoms with Gasteiger partial charge in [-0.2, -0.15) is 0 Å². The fourth-order valence-electron chi connectivity index (χ4n) is 2.38. The third-order valence-electron chi connectivity index (χ3n) is 3.72. The smallest absolute Gasteiger partial charge is 0.279 e. The molecule has 0 aliphatic heterocycles. The molecule has 1 rings (SSSR count). The van der Waals surface area contributed by atoms with Crippen LogP contribution in [0.3, 0.4) is 0 Å². The average molecular weight is 351 g/mol. The Balaban J connectivity index is 2.19. The van der Waals surface area contributed by atoms with Gasteiger partial charge in [-0.15, -0.1) is 0 Å². The van der Waals surface area contributed by atoms with Crippen molar-refractivity contribution in [3.63, 3.8) is 0 Å². The second-order valence-electron chi connectivity index (χ2n) is 7.79. The zero-order valence-corrected chi connectivity index (χ0v) is 16.2. The Morgan fingerprint density at radius 2 is 1.68 bits per heavy atom. The predicted octanol–water partition coefficient (Wildman–Crippen LogP) is -0.684. The van der Waals surface area contributed by atoms with Gasteiger partial charge in [-0.25, -0.2) is 0 Å². The van der Waals surface area contributed by atoms with Crippen molar-refractivity contribution in [2.75, 3.05) is 38.5 Å². The van der Waals surface area contributed by atoms with Gasteiger partial charge in [-0.1, -0.05) is 17.7 Å². The lowest BCUT2D eigenvalue weighted by molar-refractivity contribution is -0.862. The monoisotopic (exact) mass is 350 g/mol. The predicted molar refractivity (Wildman–Crippen MR) is 101 cm³/mol. The van der Waals surface area contributed by atoms with Crippen molar-refractivity contribution in [2.24, 2.45) is 0 Å². The fraction of sp³-hybridized carbons (Fsp3) is 0.579. The standard InChI is InChI=1S/C19H32N4O2/c1-15-7-9-16(10-8-15)22-18(25)14-23(5)13-17(24)20-11-6-12-21-19(2,3)4/h7-10,21H,6,11-14H2,1-5H3,(H,20,24)(H,22,25)/p+2. The molecule has 2 amide bonds. The minimum atomic E-state index is -0.0890. The van der Waals surface area contributed by atoms with Crippen molar-refractivity contribution >= 4 is 17.5 Å². The third kappa shape index (κ3) is 10.5. The number of hydrogen-bond donors (Lipinski definition) is 4. The van der Waals surface area contributed by atoms with E-state index in [0.717, 1.165) is 29.1 Å². The number of carbonyl (C=O) groups is 2. The molecule has 6 nitrogen and oxygen atoms in total. The van der Waals surface area contributed by atoms with Crippen LogP contribution in [0, 0.1) is 6.92 Å². The molecule has 140 valence electrons. The molecule has 0 aromatic heterocycles. The zero-order chi connectivity index (χ0) is 18.9. The number of rotatable bonds is 9. The first-order chi connectivity index (χ1) is 11.7. The molecule has 0 saturated carbocycles. The van der Waals surface area contributed by atoms with E-state index >= 15 is 0 Å². The largest absolute Gasteiger partial charge is 0.351 e. The molecule has 0 aliphatic rings. The van der Waals surface area contributed by atoms with Crippen molar-refractivity contribution in [1.82, 2.24) is 5.32 Å². The molecule has 25 heavy (non-hydrogen) atoms. The summed E-state index contributed by atoms with van der Waals surface area (Å²) >= 11 is 0. The SMILES string of the molecule is Cc1ccc(NC(=O)C[NH+](C)CC(=O)NCCC[NH2+]C(C)(C)C)cc1. The second-order valence-corrected chi connectivity index (χ2v) is 7.79. The van der Waals surface area contributed by atoms with E-state index in [-0.39, 0.29) is 23.9 Å². The number of hydrogen-bond acceptors (Lipinski definition) is 2.